The molecule has 6 nitrogen and oxygen atoms in total. The van der Waals surface area contributed by atoms with Crippen LogP contribution in [0.2, 0.25) is 0 Å². The Labute approximate surface area is 169 Å². The molecule has 1 atom stereocenters. The summed E-state index contributed by atoms with van der Waals surface area (Å²) in [5.74, 6) is 1.14. The maximum Gasteiger partial charge on any atom is 0.255 e. The van der Waals surface area contributed by atoms with Crippen LogP contribution in [0.4, 0.5) is 0 Å². The van der Waals surface area contributed by atoms with Gasteiger partial charge in [-0.15, -0.1) is 11.3 Å². The molecule has 0 radical (unpaired) electrons. The van der Waals surface area contributed by atoms with E-state index in [1.54, 1.807) is 24.7 Å². The number of ether oxygens (including phenoxy) is 1. The predicted molar refractivity (Wildman–Crippen MR) is 107 cm³/mol. The zero-order chi connectivity index (χ0) is 18.6. The Morgan fingerprint density at radius 3 is 2.89 bits per heavy atom. The fourth-order valence-corrected chi connectivity index (χ4v) is 4.22. The first-order chi connectivity index (χ1) is 13.2. The van der Waals surface area contributed by atoms with Gasteiger partial charge in [-0.2, -0.15) is 0 Å². The van der Waals surface area contributed by atoms with Gasteiger partial charge in [0.05, 0.1) is 17.0 Å². The molecule has 1 amide bonds. The van der Waals surface area contributed by atoms with E-state index < -0.39 is 0 Å². The molecule has 1 aliphatic rings. The number of rotatable bonds is 4. The Hall–Kier alpha value is -2.32. The molecule has 0 unspecified atom stereocenters. The lowest BCUT2D eigenvalue weighted by Gasteiger charge is -2.32. The lowest BCUT2D eigenvalue weighted by molar-refractivity contribution is 0.0528. The maximum absolute atomic E-state index is 13.1. The van der Waals surface area contributed by atoms with E-state index in [0.29, 0.717) is 23.8 Å². The molecule has 0 aliphatic carbocycles. The predicted octanol–water partition coefficient (Wildman–Crippen LogP) is 4.05. The van der Waals surface area contributed by atoms with Crippen molar-refractivity contribution in [2.24, 2.45) is 0 Å². The van der Waals surface area contributed by atoms with Gasteiger partial charge >= 0.3 is 0 Å². The number of pyridine rings is 1. The lowest BCUT2D eigenvalue weighted by Crippen LogP contribution is -2.44. The topological polar surface area (TPSA) is 68.2 Å². The van der Waals surface area contributed by atoms with E-state index in [9.17, 15) is 4.79 Å². The average Bonchev–Trinajstić information content (AvgIpc) is 3.18. The molecule has 0 bridgehead atoms. The van der Waals surface area contributed by atoms with Crippen molar-refractivity contribution in [2.75, 3.05) is 13.1 Å². The van der Waals surface area contributed by atoms with Gasteiger partial charge in [0.15, 0.2) is 5.82 Å². The number of halogens is 1. The van der Waals surface area contributed by atoms with Crippen molar-refractivity contribution >= 4 is 33.2 Å². The minimum absolute atomic E-state index is 0.00537. The molecule has 1 saturated heterocycles. The summed E-state index contributed by atoms with van der Waals surface area (Å²) < 4.78 is 6.91. The molecule has 3 aromatic rings. The molecule has 138 valence electrons. The molecule has 27 heavy (non-hydrogen) atoms. The number of piperidine rings is 1. The Bertz CT molecular complexity index is 934. The molecule has 0 aromatic carbocycles. The lowest BCUT2D eigenvalue weighted by atomic mass is 10.1. The van der Waals surface area contributed by atoms with Crippen LogP contribution in [0, 0.1) is 0 Å². The van der Waals surface area contributed by atoms with Gasteiger partial charge in [-0.1, -0.05) is 15.9 Å². The minimum atomic E-state index is -0.0699. The summed E-state index contributed by atoms with van der Waals surface area (Å²) in [5, 5.41) is 1.91. The largest absolute Gasteiger partial charge is 0.472 e. The SMILES string of the molecule is O=C(c1ccsc1-c1ncccn1)N1CCC[C@@H](Oc2cc(Br)ccn2)C1. The molecule has 8 heteroatoms. The summed E-state index contributed by atoms with van der Waals surface area (Å²) in [7, 11) is 0. The second-order valence-corrected chi connectivity index (χ2v) is 8.01. The van der Waals surface area contributed by atoms with E-state index in [4.69, 9.17) is 4.74 Å². The van der Waals surface area contributed by atoms with Gasteiger partial charge in [0.25, 0.3) is 5.91 Å². The van der Waals surface area contributed by atoms with E-state index in [-0.39, 0.29) is 12.0 Å². The second kappa shape index (κ2) is 8.14. The highest BCUT2D eigenvalue weighted by Crippen LogP contribution is 2.29. The number of likely N-dealkylation sites (tertiary alicyclic amines) is 1. The van der Waals surface area contributed by atoms with Crippen LogP contribution in [0.1, 0.15) is 23.2 Å². The fraction of sp³-hybridized carbons (Fsp3) is 0.263. The van der Waals surface area contributed by atoms with E-state index >= 15 is 0 Å². The zero-order valence-electron chi connectivity index (χ0n) is 14.4. The standard InChI is InChI=1S/C19H17BrN4O2S/c20-13-4-8-21-16(11-13)26-14-3-1-9-24(12-14)19(25)15-5-10-27-17(15)18-22-6-2-7-23-18/h2,4-8,10-11,14H,1,3,9,12H2/t14-/m1/s1. The number of aromatic nitrogens is 3. The van der Waals surface area contributed by atoms with Gasteiger partial charge in [0.1, 0.15) is 6.10 Å². The first kappa shape index (κ1) is 18.1. The van der Waals surface area contributed by atoms with Crippen LogP contribution in [-0.2, 0) is 0 Å². The van der Waals surface area contributed by atoms with Crippen molar-refractivity contribution in [1.82, 2.24) is 19.9 Å². The Morgan fingerprint density at radius 2 is 2.07 bits per heavy atom. The van der Waals surface area contributed by atoms with E-state index in [0.717, 1.165) is 28.7 Å². The number of carbonyl (C=O) groups excluding carboxylic acids is 1. The van der Waals surface area contributed by atoms with Crippen LogP contribution < -0.4 is 4.74 Å². The van der Waals surface area contributed by atoms with E-state index in [1.807, 2.05) is 28.5 Å². The first-order valence-corrected chi connectivity index (χ1v) is 10.3. The van der Waals surface area contributed by atoms with Gasteiger partial charge in [-0.3, -0.25) is 4.79 Å². The average molecular weight is 445 g/mol. The van der Waals surface area contributed by atoms with Crippen molar-refractivity contribution < 1.29 is 9.53 Å². The summed E-state index contributed by atoms with van der Waals surface area (Å²) in [6.45, 7) is 1.26. The normalized spacial score (nSPS) is 16.9. The molecular formula is C19H17BrN4O2S. The smallest absolute Gasteiger partial charge is 0.255 e. The van der Waals surface area contributed by atoms with Crippen molar-refractivity contribution in [1.29, 1.82) is 0 Å². The number of nitrogens with zero attached hydrogens (tertiary/aromatic N) is 4. The zero-order valence-corrected chi connectivity index (χ0v) is 16.8. The molecular weight excluding hydrogens is 428 g/mol. The second-order valence-electron chi connectivity index (χ2n) is 6.18. The van der Waals surface area contributed by atoms with Crippen molar-refractivity contribution in [3.63, 3.8) is 0 Å². The highest BCUT2D eigenvalue weighted by atomic mass is 79.9. The number of hydrogen-bond donors (Lipinski definition) is 0. The monoisotopic (exact) mass is 444 g/mol. The number of amides is 1. The third-order valence-electron chi connectivity index (χ3n) is 4.31. The molecule has 0 spiro atoms. The van der Waals surface area contributed by atoms with Gasteiger partial charge in [-0.05, 0) is 36.4 Å². The third kappa shape index (κ3) is 4.17. The summed E-state index contributed by atoms with van der Waals surface area (Å²) in [5.41, 5.74) is 0.646. The maximum atomic E-state index is 13.1. The molecule has 4 heterocycles. The molecule has 4 rings (SSSR count). The highest BCUT2D eigenvalue weighted by Gasteiger charge is 2.28. The molecule has 0 N–H and O–H groups in total. The number of thiophene rings is 1. The molecule has 3 aromatic heterocycles. The van der Waals surface area contributed by atoms with Crippen LogP contribution in [0.25, 0.3) is 10.7 Å². The van der Waals surface area contributed by atoms with Crippen LogP contribution in [0.15, 0.2) is 52.7 Å². The van der Waals surface area contributed by atoms with Gasteiger partial charge in [0.2, 0.25) is 5.88 Å². The summed E-state index contributed by atoms with van der Waals surface area (Å²) in [4.78, 5) is 28.6. The minimum Gasteiger partial charge on any atom is -0.472 e. The van der Waals surface area contributed by atoms with Crippen LogP contribution in [-0.4, -0.2) is 45.0 Å². The molecule has 0 saturated carbocycles. The van der Waals surface area contributed by atoms with Crippen molar-refractivity contribution in [3.05, 3.63) is 58.3 Å². The summed E-state index contributed by atoms with van der Waals surface area (Å²) in [6.07, 6.45) is 6.79. The van der Waals surface area contributed by atoms with E-state index in [2.05, 4.69) is 30.9 Å². The van der Waals surface area contributed by atoms with Crippen molar-refractivity contribution in [2.45, 2.75) is 18.9 Å². The number of carbonyl (C=O) groups is 1. The van der Waals surface area contributed by atoms with E-state index in [1.165, 1.54) is 11.3 Å². The summed E-state index contributed by atoms with van der Waals surface area (Å²) in [6, 6.07) is 7.30. The quantitative estimate of drug-likeness (QED) is 0.606. The Balaban J connectivity index is 1.49. The molecule has 1 fully saturated rings. The van der Waals surface area contributed by atoms with Crippen molar-refractivity contribution in [3.8, 4) is 16.6 Å². The number of hydrogen-bond acceptors (Lipinski definition) is 6. The third-order valence-corrected chi connectivity index (χ3v) is 5.72. The summed E-state index contributed by atoms with van der Waals surface area (Å²) >= 11 is 4.90. The van der Waals surface area contributed by atoms with Gasteiger partial charge in [-0.25, -0.2) is 15.0 Å². The Kier molecular flexibility index (Phi) is 5.45. The highest BCUT2D eigenvalue weighted by molar-refractivity contribution is 9.10. The van der Waals surface area contributed by atoms with Gasteiger partial charge in [0, 0.05) is 35.7 Å². The molecule has 1 aliphatic heterocycles. The fourth-order valence-electron chi connectivity index (χ4n) is 3.08. The van der Waals surface area contributed by atoms with Crippen LogP contribution in [0.5, 0.6) is 5.88 Å². The van der Waals surface area contributed by atoms with Crippen LogP contribution in [0.3, 0.4) is 0 Å². The van der Waals surface area contributed by atoms with Crippen LogP contribution >= 0.6 is 27.3 Å². The van der Waals surface area contributed by atoms with Gasteiger partial charge < -0.3 is 9.64 Å². The first-order valence-electron chi connectivity index (χ1n) is 8.63. The Morgan fingerprint density at radius 1 is 1.22 bits per heavy atom.